The van der Waals surface area contributed by atoms with Crippen molar-refractivity contribution in [1.29, 1.82) is 0 Å². The number of nitrogens with zero attached hydrogens (tertiary/aromatic N) is 2. The van der Waals surface area contributed by atoms with E-state index in [2.05, 4.69) is 131 Å². The quantitative estimate of drug-likeness (QED) is 0.265. The molecule has 0 fully saturated rings. The number of hydrogen-bond donors (Lipinski definition) is 1. The van der Waals surface area contributed by atoms with Crippen LogP contribution < -0.4 is 4.90 Å². The third-order valence-corrected chi connectivity index (χ3v) is 7.56. The van der Waals surface area contributed by atoms with Crippen LogP contribution in [0.4, 0.5) is 5.69 Å². The van der Waals surface area contributed by atoms with Gasteiger partial charge in [0.05, 0.1) is 6.54 Å². The molecule has 0 radical (unpaired) electrons. The van der Waals surface area contributed by atoms with Crippen LogP contribution in [0.25, 0.3) is 27.6 Å². The van der Waals surface area contributed by atoms with Crippen molar-refractivity contribution in [3.05, 3.63) is 132 Å². The highest BCUT2D eigenvalue weighted by molar-refractivity contribution is 5.93. The van der Waals surface area contributed by atoms with E-state index in [4.69, 9.17) is 0 Å². The van der Waals surface area contributed by atoms with Crippen LogP contribution in [0.3, 0.4) is 0 Å². The number of fused-ring (bicyclic) bond motifs is 2. The molecule has 1 N–H and O–H groups in total. The first kappa shape index (κ1) is 23.2. The Balaban J connectivity index is 1.38. The Labute approximate surface area is 219 Å². The predicted molar refractivity (Wildman–Crippen MR) is 156 cm³/mol. The largest absolute Gasteiger partial charge is 0.365 e. The van der Waals surface area contributed by atoms with Crippen molar-refractivity contribution < 1.29 is 0 Å². The molecule has 1 aliphatic rings. The van der Waals surface area contributed by atoms with E-state index in [0.717, 1.165) is 38.3 Å². The molecule has 1 aliphatic heterocycles. The summed E-state index contributed by atoms with van der Waals surface area (Å²) >= 11 is 0. The van der Waals surface area contributed by atoms with Gasteiger partial charge in [-0.05, 0) is 58.1 Å². The van der Waals surface area contributed by atoms with Crippen LogP contribution in [-0.2, 0) is 19.5 Å². The Morgan fingerprint density at radius 3 is 2.41 bits per heavy atom. The standard InChI is InChI=1S/C34H33N3/c1-3-30-17-18-31(35-30)24-37-21-20-36(25(2)32-15-9-13-27-12-7-8-14-33(27)32)23-29-22-28(16-19-34(29)37)26-10-5-4-6-11-26/h4-19,22,35H,2-3,20-21,23-24H2,1H3. The summed E-state index contributed by atoms with van der Waals surface area (Å²) in [4.78, 5) is 8.59. The van der Waals surface area contributed by atoms with E-state index in [1.807, 2.05) is 0 Å². The Kier molecular flexibility index (Phi) is 6.28. The van der Waals surface area contributed by atoms with Gasteiger partial charge in [0.15, 0.2) is 0 Å². The molecule has 37 heavy (non-hydrogen) atoms. The number of aromatic amines is 1. The average molecular weight is 484 g/mol. The van der Waals surface area contributed by atoms with E-state index < -0.39 is 0 Å². The molecule has 2 heterocycles. The maximum atomic E-state index is 4.62. The van der Waals surface area contributed by atoms with E-state index in [9.17, 15) is 0 Å². The minimum Gasteiger partial charge on any atom is -0.365 e. The molecule has 0 saturated carbocycles. The zero-order chi connectivity index (χ0) is 25.2. The maximum absolute atomic E-state index is 4.62. The number of aryl methyl sites for hydroxylation is 1. The Morgan fingerprint density at radius 2 is 1.57 bits per heavy atom. The fourth-order valence-corrected chi connectivity index (χ4v) is 5.51. The molecule has 0 spiro atoms. The van der Waals surface area contributed by atoms with E-state index in [1.54, 1.807) is 0 Å². The van der Waals surface area contributed by atoms with Gasteiger partial charge in [-0.25, -0.2) is 0 Å². The van der Waals surface area contributed by atoms with E-state index in [1.165, 1.54) is 50.1 Å². The smallest absolute Gasteiger partial charge is 0.0580 e. The second-order valence-electron chi connectivity index (χ2n) is 9.89. The Bertz CT molecular complexity index is 1540. The lowest BCUT2D eigenvalue weighted by Crippen LogP contribution is -2.30. The Hall–Kier alpha value is -4.24. The SMILES string of the molecule is C=C(c1cccc2ccccc12)N1CCN(Cc2ccc(CC)[nH]2)c2ccc(-c3ccccc3)cc2C1. The number of H-pyrrole nitrogens is 1. The van der Waals surface area contributed by atoms with Gasteiger partial charge in [0, 0.05) is 48.0 Å². The summed E-state index contributed by atoms with van der Waals surface area (Å²) in [7, 11) is 0. The molecule has 5 aromatic rings. The second kappa shape index (κ2) is 10.0. The first-order valence-electron chi connectivity index (χ1n) is 13.2. The van der Waals surface area contributed by atoms with Crippen molar-refractivity contribution in [2.24, 2.45) is 0 Å². The summed E-state index contributed by atoms with van der Waals surface area (Å²) in [5, 5.41) is 2.51. The minimum atomic E-state index is 0.833. The topological polar surface area (TPSA) is 22.3 Å². The van der Waals surface area contributed by atoms with Crippen LogP contribution in [0.2, 0.25) is 0 Å². The first-order valence-corrected chi connectivity index (χ1v) is 13.2. The number of anilines is 1. The van der Waals surface area contributed by atoms with Gasteiger partial charge in [-0.1, -0.05) is 92.4 Å². The third-order valence-electron chi connectivity index (χ3n) is 7.56. The summed E-state index contributed by atoms with van der Waals surface area (Å²) in [5.41, 5.74) is 9.99. The molecular formula is C34H33N3. The summed E-state index contributed by atoms with van der Waals surface area (Å²) < 4.78 is 0. The van der Waals surface area contributed by atoms with Crippen LogP contribution in [0.15, 0.2) is 110 Å². The van der Waals surface area contributed by atoms with Gasteiger partial charge in [-0.15, -0.1) is 0 Å². The highest BCUT2D eigenvalue weighted by atomic mass is 15.2. The van der Waals surface area contributed by atoms with Gasteiger partial charge in [-0.3, -0.25) is 0 Å². The van der Waals surface area contributed by atoms with E-state index in [-0.39, 0.29) is 0 Å². The Morgan fingerprint density at radius 1 is 0.784 bits per heavy atom. The lowest BCUT2D eigenvalue weighted by molar-refractivity contribution is 0.407. The fraction of sp³-hybridized carbons (Fsp3) is 0.176. The molecule has 3 nitrogen and oxygen atoms in total. The molecule has 184 valence electrons. The normalized spacial score (nSPS) is 13.4. The van der Waals surface area contributed by atoms with Gasteiger partial charge in [0.2, 0.25) is 0 Å². The minimum absolute atomic E-state index is 0.833. The van der Waals surface area contributed by atoms with Gasteiger partial charge in [0.1, 0.15) is 0 Å². The van der Waals surface area contributed by atoms with Crippen molar-refractivity contribution >= 4 is 22.2 Å². The van der Waals surface area contributed by atoms with Crippen molar-refractivity contribution in [3.8, 4) is 11.1 Å². The molecule has 3 heteroatoms. The lowest BCUT2D eigenvalue weighted by Gasteiger charge is -2.27. The molecule has 6 rings (SSSR count). The zero-order valence-corrected chi connectivity index (χ0v) is 21.5. The molecule has 0 amide bonds. The predicted octanol–water partition coefficient (Wildman–Crippen LogP) is 7.89. The first-order chi connectivity index (χ1) is 18.2. The van der Waals surface area contributed by atoms with Gasteiger partial charge in [-0.2, -0.15) is 0 Å². The highest BCUT2D eigenvalue weighted by Crippen LogP contribution is 2.35. The summed E-state index contributed by atoms with van der Waals surface area (Å²) in [6.07, 6.45) is 1.02. The number of benzene rings is 4. The number of rotatable bonds is 6. The van der Waals surface area contributed by atoms with Crippen LogP contribution in [0, 0.1) is 0 Å². The molecule has 0 saturated heterocycles. The number of nitrogens with one attached hydrogen (secondary N) is 1. The fourth-order valence-electron chi connectivity index (χ4n) is 5.51. The van der Waals surface area contributed by atoms with Crippen LogP contribution >= 0.6 is 0 Å². The maximum Gasteiger partial charge on any atom is 0.0580 e. The number of aromatic nitrogens is 1. The molecular weight excluding hydrogens is 450 g/mol. The molecule has 0 aliphatic carbocycles. The molecule has 0 bridgehead atoms. The summed E-state index contributed by atoms with van der Waals surface area (Å²) in [6, 6.07) is 37.2. The van der Waals surface area contributed by atoms with Crippen LogP contribution in [0.5, 0.6) is 0 Å². The lowest BCUT2D eigenvalue weighted by atomic mass is 10.00. The molecule has 1 aromatic heterocycles. The van der Waals surface area contributed by atoms with Crippen molar-refractivity contribution in [3.63, 3.8) is 0 Å². The third kappa shape index (κ3) is 4.65. The van der Waals surface area contributed by atoms with Gasteiger partial charge < -0.3 is 14.8 Å². The van der Waals surface area contributed by atoms with Crippen molar-refractivity contribution in [1.82, 2.24) is 9.88 Å². The van der Waals surface area contributed by atoms with Gasteiger partial charge >= 0.3 is 0 Å². The van der Waals surface area contributed by atoms with Crippen LogP contribution in [-0.4, -0.2) is 23.0 Å². The monoisotopic (exact) mass is 483 g/mol. The molecule has 4 aromatic carbocycles. The van der Waals surface area contributed by atoms with E-state index in [0.29, 0.717) is 0 Å². The van der Waals surface area contributed by atoms with Gasteiger partial charge in [0.25, 0.3) is 0 Å². The van der Waals surface area contributed by atoms with Crippen molar-refractivity contribution in [2.75, 3.05) is 18.0 Å². The van der Waals surface area contributed by atoms with Crippen LogP contribution in [0.1, 0.15) is 29.4 Å². The highest BCUT2D eigenvalue weighted by Gasteiger charge is 2.23. The zero-order valence-electron chi connectivity index (χ0n) is 21.5. The van der Waals surface area contributed by atoms with Crippen molar-refractivity contribution in [2.45, 2.75) is 26.4 Å². The number of hydrogen-bond acceptors (Lipinski definition) is 2. The van der Waals surface area contributed by atoms with E-state index >= 15 is 0 Å². The molecule has 0 atom stereocenters. The second-order valence-corrected chi connectivity index (χ2v) is 9.89. The summed E-state index contributed by atoms with van der Waals surface area (Å²) in [6.45, 7) is 10.4. The molecule has 0 unspecified atom stereocenters. The average Bonchev–Trinajstić information content (AvgIpc) is 3.34. The summed E-state index contributed by atoms with van der Waals surface area (Å²) in [5.74, 6) is 0.